The molecule has 9 nitrogen and oxygen atoms in total. The van der Waals surface area contributed by atoms with Crippen LogP contribution in [0.1, 0.15) is 91.4 Å². The number of aliphatic hydroxyl groups is 3. The van der Waals surface area contributed by atoms with Crippen LogP contribution >= 0.6 is 0 Å². The van der Waals surface area contributed by atoms with E-state index < -0.39 is 18.2 Å². The van der Waals surface area contributed by atoms with Crippen LogP contribution in [0.4, 0.5) is 0 Å². The third-order valence-electron chi connectivity index (χ3n) is 11.7. The number of aliphatic hydroxyl groups excluding tert-OH is 3. The van der Waals surface area contributed by atoms with Crippen LogP contribution in [0.25, 0.3) is 0 Å². The van der Waals surface area contributed by atoms with Gasteiger partial charge in [0.1, 0.15) is 0 Å². The summed E-state index contributed by atoms with van der Waals surface area (Å²) in [5.41, 5.74) is -0.232. The van der Waals surface area contributed by atoms with E-state index in [1.54, 1.807) is 0 Å². The van der Waals surface area contributed by atoms with Gasteiger partial charge in [-0.2, -0.15) is 0 Å². The number of amides is 2. The number of carbonyl (C=O) groups excluding carboxylic acids is 2. The van der Waals surface area contributed by atoms with Gasteiger partial charge in [0.2, 0.25) is 11.8 Å². The highest BCUT2D eigenvalue weighted by Crippen LogP contribution is 2.68. The topological polar surface area (TPSA) is 156 Å². The van der Waals surface area contributed by atoms with Crippen molar-refractivity contribution in [2.45, 2.75) is 110 Å². The van der Waals surface area contributed by atoms with E-state index in [4.69, 9.17) is 5.11 Å². The molecule has 4 saturated carbocycles. The maximum atomic E-state index is 12.5. The Bertz CT molecular complexity index is 914. The van der Waals surface area contributed by atoms with Crippen molar-refractivity contribution in [1.29, 1.82) is 0 Å². The molecule has 0 radical (unpaired) electrons. The zero-order valence-corrected chi connectivity index (χ0v) is 23.9. The molecule has 0 heterocycles. The fourth-order valence-electron chi connectivity index (χ4n) is 9.49. The quantitative estimate of drug-likeness (QED) is 0.244. The monoisotopic (exact) mass is 550 g/mol. The number of carbonyl (C=O) groups is 3. The Kier molecular flexibility index (Phi) is 9.33. The van der Waals surface area contributed by atoms with Crippen molar-refractivity contribution in [3.05, 3.63) is 0 Å². The second-order valence-electron chi connectivity index (χ2n) is 13.6. The average molecular weight is 551 g/mol. The smallest absolute Gasteiger partial charge is 0.305 e. The van der Waals surface area contributed by atoms with Crippen LogP contribution in [0.5, 0.6) is 0 Å². The van der Waals surface area contributed by atoms with E-state index in [-0.39, 0.29) is 84.3 Å². The minimum atomic E-state index is -0.969. The highest BCUT2D eigenvalue weighted by molar-refractivity contribution is 5.79. The van der Waals surface area contributed by atoms with E-state index in [9.17, 15) is 29.7 Å². The molecule has 6 N–H and O–H groups in total. The van der Waals surface area contributed by atoms with Gasteiger partial charge in [-0.05, 0) is 97.7 Å². The predicted molar refractivity (Wildman–Crippen MR) is 145 cm³/mol. The molecule has 4 fully saturated rings. The number of rotatable bonds is 10. The SMILES string of the molecule is C[C@H](CCC(=O)NCCC(=O)NCCC(=O)O)C1CCC2C3C(O)CC4CC(O)CC[C@]4(C)C3CC(O)[C@@]21C. The molecule has 0 aromatic carbocycles. The molecule has 11 atom stereocenters. The molecule has 8 unspecified atom stereocenters. The number of aliphatic carboxylic acids is 1. The summed E-state index contributed by atoms with van der Waals surface area (Å²) in [6.07, 6.45) is 5.88. The number of carboxylic acid groups (broad SMARTS) is 1. The molecular weight excluding hydrogens is 500 g/mol. The normalized spacial score (nSPS) is 42.0. The van der Waals surface area contributed by atoms with Gasteiger partial charge < -0.3 is 31.1 Å². The van der Waals surface area contributed by atoms with E-state index in [1.807, 2.05) is 0 Å². The molecule has 0 saturated heterocycles. The van der Waals surface area contributed by atoms with Gasteiger partial charge in [0.15, 0.2) is 0 Å². The Morgan fingerprint density at radius 3 is 2.23 bits per heavy atom. The second-order valence-corrected chi connectivity index (χ2v) is 13.6. The minimum absolute atomic E-state index is 0.0559. The molecule has 0 aliphatic heterocycles. The molecule has 0 spiro atoms. The third-order valence-corrected chi connectivity index (χ3v) is 11.7. The molecule has 39 heavy (non-hydrogen) atoms. The molecular formula is C30H50N2O7. The van der Waals surface area contributed by atoms with Crippen LogP contribution in [0.2, 0.25) is 0 Å². The first-order valence-electron chi connectivity index (χ1n) is 15.2. The van der Waals surface area contributed by atoms with Crippen LogP contribution < -0.4 is 10.6 Å². The number of nitrogens with one attached hydrogen (secondary N) is 2. The lowest BCUT2D eigenvalue weighted by atomic mass is 9.43. The maximum absolute atomic E-state index is 12.5. The van der Waals surface area contributed by atoms with E-state index >= 15 is 0 Å². The predicted octanol–water partition coefficient (Wildman–Crippen LogP) is 2.46. The van der Waals surface area contributed by atoms with Gasteiger partial charge in [0.05, 0.1) is 24.7 Å². The number of fused-ring (bicyclic) bond motifs is 5. The zero-order valence-electron chi connectivity index (χ0n) is 23.9. The van der Waals surface area contributed by atoms with E-state index in [2.05, 4.69) is 31.4 Å². The summed E-state index contributed by atoms with van der Waals surface area (Å²) in [5, 5.41) is 47.4. The summed E-state index contributed by atoms with van der Waals surface area (Å²) in [4.78, 5) is 34.8. The lowest BCUT2D eigenvalue weighted by molar-refractivity contribution is -0.207. The molecule has 2 amide bonds. The highest BCUT2D eigenvalue weighted by atomic mass is 16.4. The second kappa shape index (κ2) is 12.0. The fourth-order valence-corrected chi connectivity index (χ4v) is 9.49. The van der Waals surface area contributed by atoms with E-state index in [1.165, 1.54) is 0 Å². The fraction of sp³-hybridized carbons (Fsp3) is 0.900. The van der Waals surface area contributed by atoms with Crippen molar-refractivity contribution < 1.29 is 34.8 Å². The van der Waals surface area contributed by atoms with Gasteiger partial charge in [0.25, 0.3) is 0 Å². The Morgan fingerprint density at radius 1 is 0.872 bits per heavy atom. The highest BCUT2D eigenvalue weighted by Gasteiger charge is 2.65. The molecule has 9 heteroatoms. The maximum Gasteiger partial charge on any atom is 0.305 e. The largest absolute Gasteiger partial charge is 0.481 e. The summed E-state index contributed by atoms with van der Waals surface area (Å²) < 4.78 is 0. The Labute approximate surface area is 232 Å². The van der Waals surface area contributed by atoms with Crippen molar-refractivity contribution in [2.24, 2.45) is 46.3 Å². The van der Waals surface area contributed by atoms with Crippen molar-refractivity contribution in [2.75, 3.05) is 13.1 Å². The summed E-state index contributed by atoms with van der Waals surface area (Å²) in [5.74, 6) is 0.168. The molecule has 222 valence electrons. The standard InChI is InChI=1S/C30H50N2O7/c1-17(4-7-25(36)31-12-9-26(37)32-13-10-27(38)39)20-5-6-21-28-22(16-24(35)30(20,21)3)29(2)11-8-19(33)14-18(29)15-23(28)34/h17-24,28,33-35H,4-16H2,1-3H3,(H,31,36)(H,32,37)(H,38,39)/t17-,18?,19?,20?,21?,22?,23?,24?,28?,29+,30-/m1/s1. The molecule has 4 aliphatic rings. The first kappa shape index (κ1) is 30.3. The van der Waals surface area contributed by atoms with Crippen molar-refractivity contribution in [3.63, 3.8) is 0 Å². The first-order valence-corrected chi connectivity index (χ1v) is 15.2. The van der Waals surface area contributed by atoms with Gasteiger partial charge in [0, 0.05) is 25.9 Å². The summed E-state index contributed by atoms with van der Waals surface area (Å²) in [6, 6.07) is 0. The minimum Gasteiger partial charge on any atom is -0.481 e. The Morgan fingerprint density at radius 2 is 1.54 bits per heavy atom. The number of carboxylic acids is 1. The van der Waals surface area contributed by atoms with E-state index in [0.717, 1.165) is 38.5 Å². The van der Waals surface area contributed by atoms with Gasteiger partial charge in [-0.3, -0.25) is 14.4 Å². The lowest BCUT2D eigenvalue weighted by Crippen LogP contribution is -2.62. The molecule has 0 aromatic rings. The first-order chi connectivity index (χ1) is 18.4. The zero-order chi connectivity index (χ0) is 28.5. The van der Waals surface area contributed by atoms with Crippen LogP contribution in [0.15, 0.2) is 0 Å². The van der Waals surface area contributed by atoms with Crippen LogP contribution in [-0.4, -0.2) is 69.6 Å². The summed E-state index contributed by atoms with van der Waals surface area (Å²) >= 11 is 0. The van der Waals surface area contributed by atoms with Gasteiger partial charge in [-0.15, -0.1) is 0 Å². The average Bonchev–Trinajstić information content (AvgIpc) is 3.22. The van der Waals surface area contributed by atoms with Gasteiger partial charge in [-0.1, -0.05) is 20.8 Å². The van der Waals surface area contributed by atoms with Crippen LogP contribution in [0.3, 0.4) is 0 Å². The van der Waals surface area contributed by atoms with E-state index in [0.29, 0.717) is 25.2 Å². The van der Waals surface area contributed by atoms with Gasteiger partial charge in [-0.25, -0.2) is 0 Å². The van der Waals surface area contributed by atoms with Crippen molar-refractivity contribution >= 4 is 17.8 Å². The third kappa shape index (κ3) is 6.01. The molecule has 0 aromatic heterocycles. The Balaban J connectivity index is 1.31. The Hall–Kier alpha value is -1.71. The lowest BCUT2D eigenvalue weighted by Gasteiger charge is -2.63. The summed E-state index contributed by atoms with van der Waals surface area (Å²) in [6.45, 7) is 7.04. The molecule has 0 bridgehead atoms. The molecule has 4 rings (SSSR count). The van der Waals surface area contributed by atoms with Crippen molar-refractivity contribution in [3.8, 4) is 0 Å². The summed E-state index contributed by atoms with van der Waals surface area (Å²) in [7, 11) is 0. The number of hydrogen-bond acceptors (Lipinski definition) is 6. The van der Waals surface area contributed by atoms with Crippen LogP contribution in [-0.2, 0) is 14.4 Å². The van der Waals surface area contributed by atoms with Crippen LogP contribution in [0, 0.1) is 46.3 Å². The molecule has 4 aliphatic carbocycles. The van der Waals surface area contributed by atoms with Gasteiger partial charge >= 0.3 is 5.97 Å². The van der Waals surface area contributed by atoms with Crippen molar-refractivity contribution in [1.82, 2.24) is 10.6 Å². The number of hydrogen-bond donors (Lipinski definition) is 6.